The van der Waals surface area contributed by atoms with Gasteiger partial charge in [-0.2, -0.15) is 0 Å². The molecule has 1 N–H and O–H groups in total. The van der Waals surface area contributed by atoms with Gasteiger partial charge >= 0.3 is 0 Å². The smallest absolute Gasteiger partial charge is 0.234 e. The van der Waals surface area contributed by atoms with E-state index in [9.17, 15) is 4.79 Å². The van der Waals surface area contributed by atoms with Crippen LogP contribution in [0.5, 0.6) is 11.5 Å². The highest BCUT2D eigenvalue weighted by Gasteiger charge is 2.24. The highest BCUT2D eigenvalue weighted by atomic mass is 35.5. The Balaban J connectivity index is 1.50. The maximum atomic E-state index is 12.7. The van der Waals surface area contributed by atoms with E-state index in [-0.39, 0.29) is 17.8 Å². The van der Waals surface area contributed by atoms with Gasteiger partial charge in [0.2, 0.25) is 5.91 Å². The van der Waals surface area contributed by atoms with Crippen molar-refractivity contribution in [2.75, 3.05) is 31.9 Å². The monoisotopic (exact) mass is 492 g/mol. The third-order valence-corrected chi connectivity index (χ3v) is 6.57. The van der Waals surface area contributed by atoms with Gasteiger partial charge in [0, 0.05) is 18.7 Å². The van der Waals surface area contributed by atoms with Crippen LogP contribution in [0.15, 0.2) is 34.0 Å². The van der Waals surface area contributed by atoms with E-state index in [2.05, 4.69) is 15.5 Å². The van der Waals surface area contributed by atoms with E-state index in [4.69, 9.17) is 30.2 Å². The van der Waals surface area contributed by atoms with E-state index >= 15 is 0 Å². The number of ether oxygens (including phenoxy) is 3. The number of hydrogen-bond acceptors (Lipinski definition) is 8. The zero-order valence-electron chi connectivity index (χ0n) is 18.6. The summed E-state index contributed by atoms with van der Waals surface area (Å²) in [5.74, 6) is 2.24. The van der Waals surface area contributed by atoms with Gasteiger partial charge in [-0.1, -0.05) is 23.4 Å². The van der Waals surface area contributed by atoms with Gasteiger partial charge in [-0.25, -0.2) is 0 Å². The van der Waals surface area contributed by atoms with Crippen molar-refractivity contribution in [2.24, 2.45) is 0 Å². The van der Waals surface area contributed by atoms with Crippen molar-refractivity contribution in [1.29, 1.82) is 0 Å². The molecule has 33 heavy (non-hydrogen) atoms. The molecule has 1 unspecified atom stereocenters. The van der Waals surface area contributed by atoms with Crippen molar-refractivity contribution in [3.05, 3.63) is 35.2 Å². The highest BCUT2D eigenvalue weighted by Crippen LogP contribution is 2.36. The second-order valence-corrected chi connectivity index (χ2v) is 8.82. The summed E-state index contributed by atoms with van der Waals surface area (Å²) in [6.45, 7) is 3.25. The summed E-state index contributed by atoms with van der Waals surface area (Å²) in [5.41, 5.74) is 1.34. The van der Waals surface area contributed by atoms with Crippen LogP contribution >= 0.6 is 23.4 Å². The number of hydrogen-bond donors (Lipinski definition) is 1. The van der Waals surface area contributed by atoms with Gasteiger partial charge in [-0.15, -0.1) is 10.2 Å². The summed E-state index contributed by atoms with van der Waals surface area (Å²) >= 11 is 7.45. The van der Waals surface area contributed by atoms with Gasteiger partial charge < -0.3 is 23.9 Å². The van der Waals surface area contributed by atoms with Crippen LogP contribution < -0.4 is 14.8 Å². The molecule has 176 valence electrons. The second-order valence-electron chi connectivity index (χ2n) is 7.47. The Morgan fingerprint density at radius 3 is 2.79 bits per heavy atom. The van der Waals surface area contributed by atoms with Gasteiger partial charge in [0.15, 0.2) is 11.0 Å². The fourth-order valence-electron chi connectivity index (χ4n) is 3.64. The fourth-order valence-corrected chi connectivity index (χ4v) is 4.62. The lowest BCUT2D eigenvalue weighted by atomic mass is 10.2. The first-order valence-electron chi connectivity index (χ1n) is 10.4. The number of carbonyl (C=O) groups excluding carboxylic acids is 1. The third kappa shape index (κ3) is 5.29. The zero-order chi connectivity index (χ0) is 23.4. The van der Waals surface area contributed by atoms with E-state index in [1.165, 1.54) is 26.0 Å². The van der Waals surface area contributed by atoms with Gasteiger partial charge in [0.1, 0.15) is 17.3 Å². The quantitative estimate of drug-likeness (QED) is 0.438. The maximum absolute atomic E-state index is 12.7. The molecule has 2 aromatic heterocycles. The lowest BCUT2D eigenvalue weighted by Gasteiger charge is -2.15. The van der Waals surface area contributed by atoms with E-state index in [0.717, 1.165) is 30.8 Å². The molecule has 3 heterocycles. The molecule has 0 radical (unpaired) electrons. The predicted octanol–water partition coefficient (Wildman–Crippen LogP) is 4.43. The van der Waals surface area contributed by atoms with E-state index in [1.54, 1.807) is 18.4 Å². The van der Waals surface area contributed by atoms with Crippen molar-refractivity contribution in [3.63, 3.8) is 0 Å². The van der Waals surface area contributed by atoms with Crippen molar-refractivity contribution < 1.29 is 23.4 Å². The van der Waals surface area contributed by atoms with Crippen LogP contribution in [0.3, 0.4) is 0 Å². The molecule has 0 spiro atoms. The minimum Gasteiger partial charge on any atom is -0.495 e. The number of carbonyl (C=O) groups is 1. The van der Waals surface area contributed by atoms with Gasteiger partial charge in [-0.3, -0.25) is 9.36 Å². The number of anilines is 1. The Kier molecular flexibility index (Phi) is 7.46. The summed E-state index contributed by atoms with van der Waals surface area (Å²) in [6, 6.07) is 5.09. The zero-order valence-corrected chi connectivity index (χ0v) is 20.2. The molecular formula is C22H25ClN4O5S. The standard InChI is InChI=1S/C22H25ClN4O5S/c1-13-15(6-8-31-13)21-25-26-22(27(21)11-14-5-4-7-32-14)33-12-20(28)24-17-10-18(29-2)16(23)9-19(17)30-3/h6,8-10,14H,4-5,7,11-12H2,1-3H3,(H,24,28). The van der Waals surface area contributed by atoms with Crippen molar-refractivity contribution in [3.8, 4) is 22.9 Å². The summed E-state index contributed by atoms with van der Waals surface area (Å²) in [6.07, 6.45) is 3.73. The molecule has 1 saturated heterocycles. The molecule has 9 nitrogen and oxygen atoms in total. The largest absolute Gasteiger partial charge is 0.495 e. The van der Waals surface area contributed by atoms with Gasteiger partial charge in [0.25, 0.3) is 0 Å². The summed E-state index contributed by atoms with van der Waals surface area (Å²) < 4.78 is 23.8. The minimum absolute atomic E-state index is 0.0888. The first-order chi connectivity index (χ1) is 16.0. The molecule has 4 rings (SSSR count). The summed E-state index contributed by atoms with van der Waals surface area (Å²) in [5, 5.41) is 12.6. The average Bonchev–Trinajstić information content (AvgIpc) is 3.55. The van der Waals surface area contributed by atoms with Crippen molar-refractivity contribution in [2.45, 2.75) is 37.6 Å². The SMILES string of the molecule is COc1cc(NC(=O)CSc2nnc(-c3ccoc3C)n2CC2CCCO2)c(OC)cc1Cl. The molecule has 0 aliphatic carbocycles. The first-order valence-corrected chi connectivity index (χ1v) is 11.8. The highest BCUT2D eigenvalue weighted by molar-refractivity contribution is 7.99. The normalized spacial score (nSPS) is 15.6. The van der Waals surface area contributed by atoms with Crippen LogP contribution in [-0.2, 0) is 16.1 Å². The molecule has 1 aliphatic rings. The average molecular weight is 493 g/mol. The Labute approximate surface area is 200 Å². The number of amides is 1. The molecule has 3 aromatic rings. The van der Waals surface area contributed by atoms with Crippen LogP contribution in [0.1, 0.15) is 18.6 Å². The number of aryl methyl sites for hydroxylation is 1. The number of furan rings is 1. The van der Waals surface area contributed by atoms with Crippen LogP contribution in [0.2, 0.25) is 5.02 Å². The van der Waals surface area contributed by atoms with Crippen molar-refractivity contribution >= 4 is 35.0 Å². The van der Waals surface area contributed by atoms with Crippen LogP contribution in [0.25, 0.3) is 11.4 Å². The van der Waals surface area contributed by atoms with Crippen molar-refractivity contribution in [1.82, 2.24) is 14.8 Å². The van der Waals surface area contributed by atoms with Gasteiger partial charge in [0.05, 0.1) is 55.2 Å². The Bertz CT molecular complexity index is 1130. The Morgan fingerprint density at radius 1 is 1.30 bits per heavy atom. The third-order valence-electron chi connectivity index (χ3n) is 5.31. The van der Waals surface area contributed by atoms with Crippen LogP contribution in [0, 0.1) is 6.92 Å². The molecule has 1 amide bonds. The molecule has 1 aliphatic heterocycles. The number of benzene rings is 1. The number of methoxy groups -OCH3 is 2. The van der Waals surface area contributed by atoms with Crippen LogP contribution in [0.4, 0.5) is 5.69 Å². The summed E-state index contributed by atoms with van der Waals surface area (Å²) in [4.78, 5) is 12.7. The number of thioether (sulfide) groups is 1. The van der Waals surface area contributed by atoms with E-state index in [0.29, 0.717) is 39.7 Å². The predicted molar refractivity (Wildman–Crippen MR) is 125 cm³/mol. The first kappa shape index (κ1) is 23.5. The number of aromatic nitrogens is 3. The lowest BCUT2D eigenvalue weighted by molar-refractivity contribution is -0.113. The molecule has 0 bridgehead atoms. The number of rotatable bonds is 9. The molecule has 1 aromatic carbocycles. The molecule has 11 heteroatoms. The Morgan fingerprint density at radius 2 is 2.12 bits per heavy atom. The molecule has 0 saturated carbocycles. The number of nitrogens with one attached hydrogen (secondary N) is 1. The lowest BCUT2D eigenvalue weighted by Crippen LogP contribution is -2.18. The molecule has 1 fully saturated rings. The second kappa shape index (κ2) is 10.5. The van der Waals surface area contributed by atoms with Crippen LogP contribution in [-0.4, -0.2) is 53.4 Å². The number of halogens is 1. The fraction of sp³-hybridized carbons (Fsp3) is 0.409. The number of nitrogens with zero attached hydrogens (tertiary/aromatic N) is 3. The maximum Gasteiger partial charge on any atom is 0.234 e. The summed E-state index contributed by atoms with van der Waals surface area (Å²) in [7, 11) is 3.02. The molecule has 1 atom stereocenters. The van der Waals surface area contributed by atoms with Gasteiger partial charge in [-0.05, 0) is 25.8 Å². The van der Waals surface area contributed by atoms with E-state index in [1.807, 2.05) is 17.6 Å². The minimum atomic E-state index is -0.226. The molecular weight excluding hydrogens is 468 g/mol. The van der Waals surface area contributed by atoms with E-state index < -0.39 is 0 Å². The topological polar surface area (TPSA) is 101 Å². The Hall–Kier alpha value is -2.69.